The van der Waals surface area contributed by atoms with Gasteiger partial charge in [0.25, 0.3) is 0 Å². The van der Waals surface area contributed by atoms with Gasteiger partial charge in [-0.15, -0.1) is 0 Å². The number of nitrogens with one attached hydrogen (secondary N) is 2. The summed E-state index contributed by atoms with van der Waals surface area (Å²) >= 11 is 0. The number of anilines is 3. The molecular weight excluding hydrogens is 495 g/mol. The molecule has 0 saturated carbocycles. The van der Waals surface area contributed by atoms with Crippen molar-refractivity contribution < 1.29 is 4.39 Å². The van der Waals surface area contributed by atoms with Crippen LogP contribution in [-0.4, -0.2) is 66.0 Å². The predicted octanol–water partition coefficient (Wildman–Crippen LogP) is 4.72. The number of rotatable bonds is 6. The first-order chi connectivity index (χ1) is 18.9. The lowest BCUT2D eigenvalue weighted by atomic mass is 9.72. The number of likely N-dealkylation sites (tertiary alicyclic amines) is 1. The van der Waals surface area contributed by atoms with Gasteiger partial charge in [0.2, 0.25) is 5.95 Å². The van der Waals surface area contributed by atoms with Crippen LogP contribution in [0.3, 0.4) is 0 Å². The van der Waals surface area contributed by atoms with Crippen LogP contribution in [0.1, 0.15) is 55.6 Å². The van der Waals surface area contributed by atoms with E-state index in [9.17, 15) is 4.39 Å². The topological polar surface area (TPSA) is 104 Å². The van der Waals surface area contributed by atoms with Gasteiger partial charge in [-0.25, -0.2) is 19.0 Å². The van der Waals surface area contributed by atoms with E-state index >= 15 is 0 Å². The maximum Gasteiger partial charge on any atom is 0.227 e. The molecule has 6 rings (SSSR count). The molecule has 1 spiro atoms. The third kappa shape index (κ3) is 5.49. The first kappa shape index (κ1) is 25.4. The van der Waals surface area contributed by atoms with Crippen molar-refractivity contribution in [1.82, 2.24) is 39.8 Å². The van der Waals surface area contributed by atoms with E-state index in [0.717, 1.165) is 68.0 Å². The Morgan fingerprint density at radius 3 is 2.56 bits per heavy atom. The average molecular weight is 531 g/mol. The smallest absolute Gasteiger partial charge is 0.227 e. The number of nitrogens with zero attached hydrogens (tertiary/aromatic N) is 8. The van der Waals surface area contributed by atoms with Gasteiger partial charge in [0.15, 0.2) is 17.5 Å². The Balaban J connectivity index is 1.10. The fourth-order valence-electron chi connectivity index (χ4n) is 5.95. The Kier molecular flexibility index (Phi) is 6.76. The summed E-state index contributed by atoms with van der Waals surface area (Å²) in [5.74, 6) is 2.55. The maximum atomic E-state index is 13.3. The summed E-state index contributed by atoms with van der Waals surface area (Å²) in [4.78, 5) is 19.0. The average Bonchev–Trinajstić information content (AvgIpc) is 3.56. The second-order valence-corrected chi connectivity index (χ2v) is 11.0. The number of H-pyrrole nitrogens is 1. The molecule has 2 aliphatic heterocycles. The molecule has 11 heteroatoms. The molecule has 2 fully saturated rings. The van der Waals surface area contributed by atoms with Gasteiger partial charge in [0.05, 0.1) is 12.4 Å². The van der Waals surface area contributed by atoms with Gasteiger partial charge in [0.1, 0.15) is 5.82 Å². The molecular formula is C28H35FN10. The van der Waals surface area contributed by atoms with Crippen molar-refractivity contribution in [2.45, 2.75) is 52.5 Å². The highest BCUT2D eigenvalue weighted by molar-refractivity contribution is 5.54. The normalized spacial score (nSPS) is 18.4. The first-order valence-electron chi connectivity index (χ1n) is 13.7. The molecule has 0 radical (unpaired) electrons. The van der Waals surface area contributed by atoms with Crippen LogP contribution in [0, 0.1) is 25.1 Å². The molecule has 2 saturated heterocycles. The molecule has 4 aromatic rings. The molecule has 204 valence electrons. The van der Waals surface area contributed by atoms with Crippen molar-refractivity contribution in [2.24, 2.45) is 5.41 Å². The Morgan fingerprint density at radius 2 is 1.87 bits per heavy atom. The van der Waals surface area contributed by atoms with Crippen LogP contribution in [0.25, 0.3) is 5.82 Å². The van der Waals surface area contributed by atoms with Gasteiger partial charge in [-0.3, -0.25) is 10.00 Å². The highest BCUT2D eigenvalue weighted by Gasteiger charge is 2.40. The van der Waals surface area contributed by atoms with Crippen LogP contribution in [0.4, 0.5) is 22.0 Å². The molecule has 10 nitrogen and oxygen atoms in total. The predicted molar refractivity (Wildman–Crippen MR) is 148 cm³/mol. The van der Waals surface area contributed by atoms with Crippen LogP contribution in [0.5, 0.6) is 0 Å². The molecule has 0 aliphatic carbocycles. The van der Waals surface area contributed by atoms with Gasteiger partial charge >= 0.3 is 0 Å². The lowest BCUT2D eigenvalue weighted by Gasteiger charge is -2.49. The molecule has 6 heterocycles. The van der Waals surface area contributed by atoms with Crippen LogP contribution in [0.15, 0.2) is 42.9 Å². The van der Waals surface area contributed by atoms with E-state index in [1.165, 1.54) is 35.5 Å². The van der Waals surface area contributed by atoms with Crippen LogP contribution in [-0.2, 0) is 0 Å². The van der Waals surface area contributed by atoms with E-state index in [1.807, 2.05) is 38.2 Å². The van der Waals surface area contributed by atoms with Gasteiger partial charge in [-0.05, 0) is 70.0 Å². The summed E-state index contributed by atoms with van der Waals surface area (Å²) in [7, 11) is 0. The number of aryl methyl sites for hydroxylation is 2. The summed E-state index contributed by atoms with van der Waals surface area (Å²) in [6, 6.07) is 8.17. The van der Waals surface area contributed by atoms with E-state index < -0.39 is 0 Å². The summed E-state index contributed by atoms with van der Waals surface area (Å²) in [5, 5.41) is 14.5. The van der Waals surface area contributed by atoms with E-state index in [-0.39, 0.29) is 11.9 Å². The van der Waals surface area contributed by atoms with E-state index in [2.05, 4.69) is 48.4 Å². The number of aromatic amines is 1. The van der Waals surface area contributed by atoms with Crippen molar-refractivity contribution >= 4 is 17.6 Å². The largest absolute Gasteiger partial charge is 0.341 e. The van der Waals surface area contributed by atoms with Gasteiger partial charge in [0, 0.05) is 55.4 Å². The second-order valence-electron chi connectivity index (χ2n) is 11.0. The van der Waals surface area contributed by atoms with Crippen molar-refractivity contribution in [1.29, 1.82) is 0 Å². The fraction of sp³-hybridized carbons (Fsp3) is 0.464. The van der Waals surface area contributed by atoms with E-state index in [0.29, 0.717) is 11.2 Å². The zero-order valence-corrected chi connectivity index (χ0v) is 22.7. The van der Waals surface area contributed by atoms with Crippen molar-refractivity contribution in [2.75, 3.05) is 36.4 Å². The molecule has 0 bridgehead atoms. The number of aromatic nitrogens is 7. The minimum absolute atomic E-state index is 0.260. The number of hydrogen-bond donors (Lipinski definition) is 2. The molecule has 39 heavy (non-hydrogen) atoms. The van der Waals surface area contributed by atoms with Gasteiger partial charge in [-0.1, -0.05) is 6.07 Å². The lowest BCUT2D eigenvalue weighted by Crippen LogP contribution is -2.50. The fourth-order valence-corrected chi connectivity index (χ4v) is 5.95. The Labute approximate surface area is 227 Å². The third-order valence-electron chi connectivity index (χ3n) is 8.19. The zero-order valence-electron chi connectivity index (χ0n) is 22.7. The zero-order chi connectivity index (χ0) is 27.0. The quantitative estimate of drug-likeness (QED) is 0.369. The maximum absolute atomic E-state index is 13.3. The van der Waals surface area contributed by atoms with Crippen LogP contribution < -0.4 is 10.2 Å². The number of hydrogen-bond acceptors (Lipinski definition) is 8. The molecule has 0 amide bonds. The van der Waals surface area contributed by atoms with E-state index in [4.69, 9.17) is 9.97 Å². The third-order valence-corrected chi connectivity index (χ3v) is 8.19. The SMILES string of the molecule is Cc1cc(Nc2cc(C)[nH]n2)nc(N2CCC3(CCCN([C@@H](C)c4ccc(-n5cc(F)cn5)nc4)C3)CC2)n1. The lowest BCUT2D eigenvalue weighted by molar-refractivity contribution is 0.0414. The first-order valence-corrected chi connectivity index (χ1v) is 13.7. The summed E-state index contributed by atoms with van der Waals surface area (Å²) in [5.41, 5.74) is 3.41. The minimum atomic E-state index is -0.367. The molecule has 4 aromatic heterocycles. The molecule has 0 aromatic carbocycles. The van der Waals surface area contributed by atoms with Gasteiger partial charge < -0.3 is 10.2 Å². The molecule has 2 aliphatic rings. The monoisotopic (exact) mass is 530 g/mol. The second kappa shape index (κ2) is 10.4. The summed E-state index contributed by atoms with van der Waals surface area (Å²) in [6.07, 6.45) is 9.12. The molecule has 0 unspecified atom stereocenters. The number of piperidine rings is 2. The van der Waals surface area contributed by atoms with Gasteiger partial charge in [-0.2, -0.15) is 15.2 Å². The summed E-state index contributed by atoms with van der Waals surface area (Å²) in [6.45, 7) is 10.3. The Hall–Kier alpha value is -3.86. The number of pyridine rings is 1. The standard InChI is InChI=1S/C28H35FN10/c1-19-13-24(33-25-14-20(2)35-36-25)34-27(32-19)37-11-8-28(9-12-37)7-4-10-38(18-28)21(3)22-5-6-26(30-15-22)39-17-23(29)16-31-39/h5-6,13-17,21H,4,7-12,18H2,1-3H3,(H2,32,33,34,35,36)/t21-/m0/s1. The van der Waals surface area contributed by atoms with Crippen molar-refractivity contribution in [3.63, 3.8) is 0 Å². The van der Waals surface area contributed by atoms with Crippen molar-refractivity contribution in [3.05, 3.63) is 65.6 Å². The minimum Gasteiger partial charge on any atom is -0.341 e. The molecule has 2 N–H and O–H groups in total. The van der Waals surface area contributed by atoms with E-state index in [1.54, 1.807) is 0 Å². The Morgan fingerprint density at radius 1 is 1.03 bits per heavy atom. The Bertz CT molecular complexity index is 1420. The summed E-state index contributed by atoms with van der Waals surface area (Å²) < 4.78 is 14.8. The molecule has 1 atom stereocenters. The van der Waals surface area contributed by atoms with Crippen LogP contribution in [0.2, 0.25) is 0 Å². The highest BCUT2D eigenvalue weighted by atomic mass is 19.1. The van der Waals surface area contributed by atoms with Crippen molar-refractivity contribution in [3.8, 4) is 5.82 Å². The highest BCUT2D eigenvalue weighted by Crippen LogP contribution is 2.42. The number of halogens is 1. The van der Waals surface area contributed by atoms with Crippen LogP contribution >= 0.6 is 0 Å².